The lowest BCUT2D eigenvalue weighted by Gasteiger charge is -2.35. The highest BCUT2D eigenvalue weighted by molar-refractivity contribution is 5.75. The number of hydrogen-bond donors (Lipinski definition) is 1. The maximum atomic E-state index is 11.6. The zero-order valence-electron chi connectivity index (χ0n) is 12.0. The van der Waals surface area contributed by atoms with Gasteiger partial charge in [0.2, 0.25) is 6.41 Å². The summed E-state index contributed by atoms with van der Waals surface area (Å²) in [5.41, 5.74) is 0.0768. The van der Waals surface area contributed by atoms with Gasteiger partial charge in [0.25, 0.3) is 0 Å². The third kappa shape index (κ3) is 4.04. The number of carboxylic acid groups (broad SMARTS) is 1. The van der Waals surface area contributed by atoms with Crippen LogP contribution in [0.15, 0.2) is 30.3 Å². The summed E-state index contributed by atoms with van der Waals surface area (Å²) in [5.74, 6) is -0.836. The number of carbonyl (C=O) groups is 2. The number of nitrogens with zero attached hydrogens (tertiary/aromatic N) is 1. The Morgan fingerprint density at radius 3 is 2.48 bits per heavy atom. The molecule has 0 saturated heterocycles. The van der Waals surface area contributed by atoms with Crippen molar-refractivity contribution in [1.82, 2.24) is 5.06 Å². The van der Waals surface area contributed by atoms with Gasteiger partial charge in [0.15, 0.2) is 0 Å². The van der Waals surface area contributed by atoms with E-state index in [2.05, 4.69) is 0 Å². The molecule has 1 amide bonds. The van der Waals surface area contributed by atoms with E-state index < -0.39 is 11.4 Å². The Labute approximate surface area is 124 Å². The molecule has 1 saturated carbocycles. The molecule has 1 fully saturated rings. The SMILES string of the molecule is O=CN(CC1(C(=O)O)CCCCC1)OCc1ccccc1. The van der Waals surface area contributed by atoms with Crippen molar-refractivity contribution in [2.45, 2.75) is 38.7 Å². The standard InChI is InChI=1S/C16H21NO4/c18-13-17(21-11-14-7-3-1-4-8-14)12-16(15(19)20)9-5-2-6-10-16/h1,3-4,7-8,13H,2,5-6,9-12H2,(H,19,20). The summed E-state index contributed by atoms with van der Waals surface area (Å²) < 4.78 is 0. The first-order chi connectivity index (χ1) is 10.2. The van der Waals surface area contributed by atoms with Gasteiger partial charge in [0.05, 0.1) is 12.0 Å². The van der Waals surface area contributed by atoms with E-state index in [0.29, 0.717) is 19.3 Å². The van der Waals surface area contributed by atoms with Crippen molar-refractivity contribution in [3.8, 4) is 0 Å². The Morgan fingerprint density at radius 1 is 1.24 bits per heavy atom. The van der Waals surface area contributed by atoms with Gasteiger partial charge in [-0.1, -0.05) is 49.6 Å². The van der Waals surface area contributed by atoms with Gasteiger partial charge in [0.1, 0.15) is 6.61 Å². The molecule has 21 heavy (non-hydrogen) atoms. The fraction of sp³-hybridized carbons (Fsp3) is 0.500. The fourth-order valence-corrected chi connectivity index (χ4v) is 2.81. The van der Waals surface area contributed by atoms with Crippen molar-refractivity contribution in [1.29, 1.82) is 0 Å². The molecule has 5 heteroatoms. The lowest BCUT2D eigenvalue weighted by Crippen LogP contribution is -2.44. The summed E-state index contributed by atoms with van der Waals surface area (Å²) in [6.07, 6.45) is 4.60. The van der Waals surface area contributed by atoms with Crippen molar-refractivity contribution in [3.63, 3.8) is 0 Å². The molecule has 0 atom stereocenters. The van der Waals surface area contributed by atoms with Crippen molar-refractivity contribution in [2.24, 2.45) is 5.41 Å². The molecule has 1 N–H and O–H groups in total. The minimum Gasteiger partial charge on any atom is -0.481 e. The molecule has 0 unspecified atom stereocenters. The Morgan fingerprint density at radius 2 is 1.90 bits per heavy atom. The maximum Gasteiger partial charge on any atom is 0.311 e. The summed E-state index contributed by atoms with van der Waals surface area (Å²) in [4.78, 5) is 28.2. The molecule has 0 radical (unpaired) electrons. The highest BCUT2D eigenvalue weighted by Gasteiger charge is 2.41. The van der Waals surface area contributed by atoms with Crippen LogP contribution in [0.3, 0.4) is 0 Å². The van der Waals surface area contributed by atoms with Crippen molar-refractivity contribution < 1.29 is 19.5 Å². The molecule has 0 spiro atoms. The molecule has 0 aromatic heterocycles. The molecule has 0 heterocycles. The van der Waals surface area contributed by atoms with E-state index in [-0.39, 0.29) is 13.2 Å². The van der Waals surface area contributed by atoms with Crippen LogP contribution in [0.4, 0.5) is 0 Å². The molecule has 114 valence electrons. The number of rotatable bonds is 7. The second-order valence-corrected chi connectivity index (χ2v) is 5.59. The minimum absolute atomic E-state index is 0.110. The Hall–Kier alpha value is -1.88. The first-order valence-electron chi connectivity index (χ1n) is 7.28. The average molecular weight is 291 g/mol. The van der Waals surface area contributed by atoms with E-state index in [9.17, 15) is 14.7 Å². The molecule has 1 aromatic rings. The number of carbonyl (C=O) groups excluding carboxylic acids is 1. The second-order valence-electron chi connectivity index (χ2n) is 5.59. The summed E-state index contributed by atoms with van der Waals surface area (Å²) >= 11 is 0. The summed E-state index contributed by atoms with van der Waals surface area (Å²) in [6.45, 7) is 0.369. The van der Waals surface area contributed by atoms with Crippen LogP contribution in [-0.4, -0.2) is 29.1 Å². The third-order valence-electron chi connectivity index (χ3n) is 4.08. The van der Waals surface area contributed by atoms with E-state index in [1.807, 2.05) is 30.3 Å². The predicted octanol–water partition coefficient (Wildman–Crippen LogP) is 2.61. The van der Waals surface area contributed by atoms with Gasteiger partial charge < -0.3 is 5.11 Å². The van der Waals surface area contributed by atoms with Crippen LogP contribution in [0.1, 0.15) is 37.7 Å². The van der Waals surface area contributed by atoms with Crippen molar-refractivity contribution >= 4 is 12.4 Å². The van der Waals surface area contributed by atoms with Crippen LogP contribution >= 0.6 is 0 Å². The fourth-order valence-electron chi connectivity index (χ4n) is 2.81. The predicted molar refractivity (Wildman–Crippen MR) is 77.2 cm³/mol. The summed E-state index contributed by atoms with van der Waals surface area (Å²) in [6, 6.07) is 9.49. The lowest BCUT2D eigenvalue weighted by molar-refractivity contribution is -0.194. The Kier molecular flexibility index (Phi) is 5.33. The van der Waals surface area contributed by atoms with Gasteiger partial charge in [-0.15, -0.1) is 0 Å². The quantitative estimate of drug-likeness (QED) is 0.619. The highest BCUT2D eigenvalue weighted by atomic mass is 16.7. The molecule has 1 aromatic carbocycles. The van der Waals surface area contributed by atoms with E-state index in [1.54, 1.807) is 0 Å². The maximum absolute atomic E-state index is 11.6. The van der Waals surface area contributed by atoms with E-state index in [0.717, 1.165) is 29.9 Å². The molecular weight excluding hydrogens is 270 g/mol. The first kappa shape index (κ1) is 15.5. The molecule has 5 nitrogen and oxygen atoms in total. The van der Waals surface area contributed by atoms with Crippen molar-refractivity contribution in [2.75, 3.05) is 6.54 Å². The number of hydroxylamine groups is 2. The smallest absolute Gasteiger partial charge is 0.311 e. The monoisotopic (exact) mass is 291 g/mol. The van der Waals surface area contributed by atoms with Gasteiger partial charge in [-0.05, 0) is 18.4 Å². The van der Waals surface area contributed by atoms with Gasteiger partial charge in [0, 0.05) is 0 Å². The van der Waals surface area contributed by atoms with Gasteiger partial charge in [-0.3, -0.25) is 14.4 Å². The Balaban J connectivity index is 1.96. The van der Waals surface area contributed by atoms with Crippen LogP contribution in [0.2, 0.25) is 0 Å². The highest BCUT2D eigenvalue weighted by Crippen LogP contribution is 2.37. The largest absolute Gasteiger partial charge is 0.481 e. The summed E-state index contributed by atoms with van der Waals surface area (Å²) in [5, 5.41) is 10.7. The van der Waals surface area contributed by atoms with Crippen LogP contribution in [-0.2, 0) is 21.0 Å². The van der Waals surface area contributed by atoms with Crippen LogP contribution in [0.25, 0.3) is 0 Å². The van der Waals surface area contributed by atoms with Crippen LogP contribution in [0, 0.1) is 5.41 Å². The normalized spacial score (nSPS) is 17.1. The van der Waals surface area contributed by atoms with E-state index >= 15 is 0 Å². The molecule has 1 aliphatic carbocycles. The zero-order chi connectivity index (χ0) is 15.1. The summed E-state index contributed by atoms with van der Waals surface area (Å²) in [7, 11) is 0. The number of aliphatic carboxylic acids is 1. The van der Waals surface area contributed by atoms with Crippen molar-refractivity contribution in [3.05, 3.63) is 35.9 Å². The number of carboxylic acids is 1. The van der Waals surface area contributed by atoms with Gasteiger partial charge in [-0.25, -0.2) is 5.06 Å². The average Bonchev–Trinajstić information content (AvgIpc) is 2.53. The van der Waals surface area contributed by atoms with Gasteiger partial charge in [-0.2, -0.15) is 0 Å². The number of amides is 1. The third-order valence-corrected chi connectivity index (χ3v) is 4.08. The van der Waals surface area contributed by atoms with Crippen LogP contribution < -0.4 is 0 Å². The topological polar surface area (TPSA) is 66.8 Å². The molecule has 0 bridgehead atoms. The van der Waals surface area contributed by atoms with Gasteiger partial charge >= 0.3 is 5.97 Å². The van der Waals surface area contributed by atoms with Crippen LogP contribution in [0.5, 0.6) is 0 Å². The minimum atomic E-state index is -0.865. The Bertz CT molecular complexity index is 468. The number of hydrogen-bond acceptors (Lipinski definition) is 3. The molecule has 0 aliphatic heterocycles. The van der Waals surface area contributed by atoms with E-state index in [4.69, 9.17) is 4.84 Å². The van der Waals surface area contributed by atoms with E-state index in [1.165, 1.54) is 0 Å². The molecule has 2 rings (SSSR count). The lowest BCUT2D eigenvalue weighted by atomic mass is 9.74. The second kappa shape index (κ2) is 7.22. The zero-order valence-corrected chi connectivity index (χ0v) is 12.0. The molecule has 1 aliphatic rings. The first-order valence-corrected chi connectivity index (χ1v) is 7.28. The molecular formula is C16H21NO4. The number of benzene rings is 1.